The summed E-state index contributed by atoms with van der Waals surface area (Å²) in [6, 6.07) is 50.2. The van der Waals surface area contributed by atoms with Crippen molar-refractivity contribution in [2.75, 3.05) is 0 Å². The van der Waals surface area contributed by atoms with Crippen molar-refractivity contribution in [2.45, 2.75) is 26.2 Å². The van der Waals surface area contributed by atoms with Gasteiger partial charge in [-0.05, 0) is 60.0 Å². The molecule has 0 spiro atoms. The molecule has 11 aromatic rings. The van der Waals surface area contributed by atoms with Crippen LogP contribution in [-0.2, 0) is 5.41 Å². The highest BCUT2D eigenvalue weighted by molar-refractivity contribution is 7.26. The van der Waals surface area contributed by atoms with Crippen LogP contribution < -0.4 is 0 Å². The number of hydrogen-bond donors (Lipinski definition) is 0. The zero-order valence-electron chi connectivity index (χ0n) is 29.7. The van der Waals surface area contributed by atoms with Crippen LogP contribution >= 0.6 is 22.7 Å². The van der Waals surface area contributed by atoms with Gasteiger partial charge in [0.1, 0.15) is 12.1 Å². The van der Waals surface area contributed by atoms with Crippen LogP contribution in [-0.4, -0.2) is 9.13 Å². The minimum absolute atomic E-state index is 0.477. The Hall–Kier alpha value is -6.44. The summed E-state index contributed by atoms with van der Waals surface area (Å²) in [5, 5.41) is 31.7. The average molecular weight is 727 g/mol. The summed E-state index contributed by atoms with van der Waals surface area (Å²) in [6.45, 7) is 6.61. The lowest BCUT2D eigenvalue weighted by Gasteiger charge is -2.30. The van der Waals surface area contributed by atoms with Crippen molar-refractivity contribution < 1.29 is 0 Å². The number of hydrogen-bond acceptors (Lipinski definition) is 4. The van der Waals surface area contributed by atoms with Gasteiger partial charge in [0.15, 0.2) is 0 Å². The van der Waals surface area contributed by atoms with Crippen LogP contribution in [0.25, 0.3) is 95.3 Å². The van der Waals surface area contributed by atoms with Crippen LogP contribution in [0.5, 0.6) is 0 Å². The molecule has 0 unspecified atom stereocenters. The molecule has 0 N–H and O–H groups in total. The summed E-state index contributed by atoms with van der Waals surface area (Å²) in [5.74, 6) is 0. The molecule has 0 saturated carbocycles. The lowest BCUT2D eigenvalue weighted by molar-refractivity contribution is 0.584. The topological polar surface area (TPSA) is 57.4 Å². The molecule has 11 rings (SSSR count). The highest BCUT2D eigenvalue weighted by Gasteiger charge is 2.33. The lowest BCUT2D eigenvalue weighted by Crippen LogP contribution is -2.21. The van der Waals surface area contributed by atoms with Crippen molar-refractivity contribution in [3.05, 3.63) is 144 Å². The van der Waals surface area contributed by atoms with E-state index in [9.17, 15) is 10.5 Å². The Kier molecular flexibility index (Phi) is 6.36. The van der Waals surface area contributed by atoms with E-state index in [0.717, 1.165) is 49.8 Å². The Balaban J connectivity index is 1.36. The number of benzene rings is 7. The number of aromatic nitrogens is 2. The fourth-order valence-electron chi connectivity index (χ4n) is 9.04. The predicted octanol–water partition coefficient (Wildman–Crippen LogP) is 13.7. The van der Waals surface area contributed by atoms with E-state index >= 15 is 0 Å². The van der Waals surface area contributed by atoms with Crippen molar-refractivity contribution in [2.24, 2.45) is 0 Å². The van der Waals surface area contributed by atoms with E-state index in [4.69, 9.17) is 0 Å². The average Bonchev–Trinajstić information content (AvgIpc) is 3.93. The second-order valence-corrected chi connectivity index (χ2v) is 17.3. The third kappa shape index (κ3) is 4.04. The Labute approximate surface area is 318 Å². The van der Waals surface area contributed by atoms with Gasteiger partial charge in [0.05, 0.1) is 44.6 Å². The van der Waals surface area contributed by atoms with E-state index in [1.807, 2.05) is 28.7 Å². The molecule has 4 nitrogen and oxygen atoms in total. The van der Waals surface area contributed by atoms with E-state index in [1.54, 1.807) is 0 Å². The van der Waals surface area contributed by atoms with E-state index in [1.165, 1.54) is 51.1 Å². The first-order chi connectivity index (χ1) is 26.4. The maximum Gasteiger partial charge on any atom is 0.101 e. The van der Waals surface area contributed by atoms with Crippen molar-refractivity contribution in [1.29, 1.82) is 10.5 Å². The lowest BCUT2D eigenvalue weighted by atomic mass is 9.81. The fourth-order valence-corrected chi connectivity index (χ4v) is 11.3. The number of rotatable bonds is 2. The van der Waals surface area contributed by atoms with Crippen molar-refractivity contribution in [3.8, 4) is 23.5 Å². The smallest absolute Gasteiger partial charge is 0.101 e. The number of fused-ring (bicyclic) bond motifs is 14. The maximum atomic E-state index is 11.0. The zero-order valence-corrected chi connectivity index (χ0v) is 31.4. The molecule has 0 aliphatic heterocycles. The third-order valence-electron chi connectivity index (χ3n) is 11.1. The molecular formula is C48H30N4S2. The first kappa shape index (κ1) is 31.1. The van der Waals surface area contributed by atoms with Gasteiger partial charge >= 0.3 is 0 Å². The summed E-state index contributed by atoms with van der Waals surface area (Å²) in [4.78, 5) is 0. The minimum atomic E-state index is -0.489. The van der Waals surface area contributed by atoms with Gasteiger partial charge in [-0.1, -0.05) is 93.6 Å². The third-order valence-corrected chi connectivity index (χ3v) is 13.3. The van der Waals surface area contributed by atoms with E-state index in [0.29, 0.717) is 11.1 Å². The first-order valence-corrected chi connectivity index (χ1v) is 19.7. The van der Waals surface area contributed by atoms with E-state index in [2.05, 4.69) is 163 Å². The molecule has 6 heteroatoms. The Bertz CT molecular complexity index is 3290. The van der Waals surface area contributed by atoms with Crippen LogP contribution in [0.1, 0.15) is 37.5 Å². The number of thiophene rings is 2. The molecule has 0 atom stereocenters. The normalized spacial score (nSPS) is 12.3. The van der Waals surface area contributed by atoms with E-state index < -0.39 is 5.41 Å². The molecule has 0 bridgehead atoms. The molecule has 254 valence electrons. The molecule has 4 heterocycles. The summed E-state index contributed by atoms with van der Waals surface area (Å²) < 4.78 is 9.59. The van der Waals surface area contributed by atoms with Crippen LogP contribution in [0.15, 0.2) is 127 Å². The van der Waals surface area contributed by atoms with Gasteiger partial charge in [0.25, 0.3) is 0 Å². The maximum absolute atomic E-state index is 11.0. The largest absolute Gasteiger partial charge is 0.308 e. The van der Waals surface area contributed by atoms with Crippen LogP contribution in [0.4, 0.5) is 0 Å². The first-order valence-electron chi connectivity index (χ1n) is 18.1. The van der Waals surface area contributed by atoms with Gasteiger partial charge in [-0.25, -0.2) is 0 Å². The summed E-state index contributed by atoms with van der Waals surface area (Å²) in [5.41, 5.74) is 7.19. The minimum Gasteiger partial charge on any atom is -0.308 e. The fraction of sp³-hybridized carbons (Fsp3) is 0.0833. The molecule has 7 aromatic carbocycles. The highest BCUT2D eigenvalue weighted by atomic mass is 32.1. The number of nitrogens with zero attached hydrogens (tertiary/aromatic N) is 4. The standard InChI is InChI=1S/C48H30N4S2/c1-48(2,3)45-46(51-33-16-8-4-12-29(33)41-35(51)20-22-39-43(41)31-14-6-10-18-37(31)53-39)27(25-49)24-28(26-50)47(45)52-34-17-9-5-13-30(34)42-36(52)21-23-40-44(42)32-15-7-11-19-38(32)54-40/h4-24H,1-3H3. The van der Waals surface area contributed by atoms with Gasteiger partial charge in [0, 0.05) is 67.5 Å². The van der Waals surface area contributed by atoms with Gasteiger partial charge < -0.3 is 9.13 Å². The predicted molar refractivity (Wildman–Crippen MR) is 229 cm³/mol. The molecule has 0 radical (unpaired) electrons. The zero-order chi connectivity index (χ0) is 36.5. The Morgan fingerprint density at radius 3 is 1.28 bits per heavy atom. The number of nitriles is 2. The monoisotopic (exact) mass is 726 g/mol. The molecule has 0 fully saturated rings. The second-order valence-electron chi connectivity index (χ2n) is 15.1. The number of para-hydroxylation sites is 2. The van der Waals surface area contributed by atoms with Gasteiger partial charge in [-0.15, -0.1) is 22.7 Å². The van der Waals surface area contributed by atoms with Crippen molar-refractivity contribution in [3.63, 3.8) is 0 Å². The summed E-state index contributed by atoms with van der Waals surface area (Å²) in [6.07, 6.45) is 0. The van der Waals surface area contributed by atoms with Crippen molar-refractivity contribution in [1.82, 2.24) is 9.13 Å². The van der Waals surface area contributed by atoms with Crippen LogP contribution in [0, 0.1) is 22.7 Å². The molecule has 0 saturated heterocycles. The highest BCUT2D eigenvalue weighted by Crippen LogP contribution is 2.49. The van der Waals surface area contributed by atoms with Crippen LogP contribution in [0.3, 0.4) is 0 Å². The van der Waals surface area contributed by atoms with Gasteiger partial charge in [-0.3, -0.25) is 0 Å². The SMILES string of the molecule is CC(C)(C)c1c(-n2c3ccccc3c3c4c(ccc32)sc2ccccc24)c(C#N)cc(C#N)c1-n1c2ccccc2c2c3c(ccc21)sc1ccccc13. The molecule has 0 aliphatic rings. The molecule has 0 amide bonds. The molecular weight excluding hydrogens is 697 g/mol. The summed E-state index contributed by atoms with van der Waals surface area (Å²) in [7, 11) is 0. The second kappa shape index (κ2) is 11.0. The molecule has 4 aromatic heterocycles. The Morgan fingerprint density at radius 2 is 0.852 bits per heavy atom. The van der Waals surface area contributed by atoms with Crippen LogP contribution in [0.2, 0.25) is 0 Å². The van der Waals surface area contributed by atoms with Gasteiger partial charge in [-0.2, -0.15) is 10.5 Å². The Morgan fingerprint density at radius 1 is 0.444 bits per heavy atom. The van der Waals surface area contributed by atoms with Gasteiger partial charge in [0.2, 0.25) is 0 Å². The molecule has 54 heavy (non-hydrogen) atoms. The quantitative estimate of drug-likeness (QED) is 0.178. The summed E-state index contributed by atoms with van der Waals surface area (Å²) >= 11 is 3.63. The molecule has 0 aliphatic carbocycles. The van der Waals surface area contributed by atoms with E-state index in [-0.39, 0.29) is 0 Å². The van der Waals surface area contributed by atoms with Crippen molar-refractivity contribution >= 4 is 107 Å².